The van der Waals surface area contributed by atoms with Gasteiger partial charge in [0.1, 0.15) is 12.4 Å². The Morgan fingerprint density at radius 2 is 1.80 bits per heavy atom. The highest BCUT2D eigenvalue weighted by Crippen LogP contribution is 2.31. The minimum atomic E-state index is -0.250. The molecule has 0 bridgehead atoms. The number of ether oxygens (including phenoxy) is 1. The molecule has 3 aliphatic rings. The molecule has 1 aromatic rings. The standard InChI is InChI=1S/C21H32N4O2.CH2O2/c26-21(22-16-18-8-9-25(17-18)19-6-7-19)24-12-10-23(11-13-24)14-15-27-20-4-2-1-3-5-20;2-1-3/h1-5,18-19H,6-17H2,(H,22,26);1H,(H,2,3). The summed E-state index contributed by atoms with van der Waals surface area (Å²) in [6.07, 6.45) is 3.98. The molecule has 30 heavy (non-hydrogen) atoms. The number of benzene rings is 1. The van der Waals surface area contributed by atoms with Crippen molar-refractivity contribution in [1.29, 1.82) is 0 Å². The lowest BCUT2D eigenvalue weighted by molar-refractivity contribution is -0.122. The number of urea groups is 1. The van der Waals surface area contributed by atoms with E-state index in [2.05, 4.69) is 15.1 Å². The van der Waals surface area contributed by atoms with Crippen LogP contribution in [-0.2, 0) is 4.79 Å². The van der Waals surface area contributed by atoms with Crippen LogP contribution in [0.3, 0.4) is 0 Å². The van der Waals surface area contributed by atoms with Crippen LogP contribution in [0, 0.1) is 5.92 Å². The van der Waals surface area contributed by atoms with Gasteiger partial charge in [0.05, 0.1) is 0 Å². The lowest BCUT2D eigenvalue weighted by Crippen LogP contribution is -2.52. The fraction of sp³-hybridized carbons (Fsp3) is 0.636. The van der Waals surface area contributed by atoms with Gasteiger partial charge in [0, 0.05) is 51.9 Å². The maximum absolute atomic E-state index is 12.4. The molecule has 0 radical (unpaired) electrons. The minimum Gasteiger partial charge on any atom is -0.492 e. The molecule has 166 valence electrons. The molecular weight excluding hydrogens is 384 g/mol. The van der Waals surface area contributed by atoms with Crippen molar-refractivity contribution in [2.24, 2.45) is 5.92 Å². The number of carboxylic acid groups (broad SMARTS) is 1. The van der Waals surface area contributed by atoms with Crippen molar-refractivity contribution < 1.29 is 19.4 Å². The van der Waals surface area contributed by atoms with E-state index in [0.29, 0.717) is 12.5 Å². The van der Waals surface area contributed by atoms with Gasteiger partial charge in [-0.15, -0.1) is 0 Å². The average molecular weight is 419 g/mol. The van der Waals surface area contributed by atoms with E-state index in [-0.39, 0.29) is 12.5 Å². The number of likely N-dealkylation sites (tertiary alicyclic amines) is 1. The molecule has 0 aromatic heterocycles. The highest BCUT2D eigenvalue weighted by atomic mass is 16.5. The van der Waals surface area contributed by atoms with Gasteiger partial charge in [-0.2, -0.15) is 0 Å². The number of nitrogens with zero attached hydrogens (tertiary/aromatic N) is 3. The number of hydrogen-bond donors (Lipinski definition) is 2. The zero-order chi connectivity index (χ0) is 21.2. The van der Waals surface area contributed by atoms with Crippen LogP contribution in [-0.4, -0.2) is 97.3 Å². The minimum absolute atomic E-state index is 0.111. The van der Waals surface area contributed by atoms with Gasteiger partial charge in [-0.3, -0.25) is 9.69 Å². The lowest BCUT2D eigenvalue weighted by Gasteiger charge is -2.34. The second kappa shape index (κ2) is 11.8. The number of amides is 2. The third kappa shape index (κ3) is 7.18. The van der Waals surface area contributed by atoms with E-state index < -0.39 is 0 Å². The molecule has 1 aromatic carbocycles. The van der Waals surface area contributed by atoms with E-state index in [4.69, 9.17) is 14.6 Å². The first kappa shape index (κ1) is 22.4. The Kier molecular flexibility index (Phi) is 8.77. The van der Waals surface area contributed by atoms with E-state index in [9.17, 15) is 4.79 Å². The fourth-order valence-corrected chi connectivity index (χ4v) is 4.13. The monoisotopic (exact) mass is 418 g/mol. The molecule has 8 heteroatoms. The van der Waals surface area contributed by atoms with Crippen LogP contribution in [0.25, 0.3) is 0 Å². The number of carbonyl (C=O) groups is 2. The summed E-state index contributed by atoms with van der Waals surface area (Å²) in [7, 11) is 0. The van der Waals surface area contributed by atoms with Crippen molar-refractivity contribution in [2.75, 3.05) is 59.0 Å². The van der Waals surface area contributed by atoms with Crippen LogP contribution in [0.4, 0.5) is 4.79 Å². The molecule has 0 spiro atoms. The van der Waals surface area contributed by atoms with Gasteiger partial charge in [0.2, 0.25) is 0 Å². The van der Waals surface area contributed by atoms with Crippen molar-refractivity contribution in [1.82, 2.24) is 20.0 Å². The molecule has 1 saturated carbocycles. The number of hydrogen-bond acceptors (Lipinski definition) is 5. The molecule has 2 aliphatic heterocycles. The van der Waals surface area contributed by atoms with Gasteiger partial charge >= 0.3 is 6.03 Å². The van der Waals surface area contributed by atoms with E-state index >= 15 is 0 Å². The summed E-state index contributed by atoms with van der Waals surface area (Å²) in [5.74, 6) is 1.55. The van der Waals surface area contributed by atoms with Crippen LogP contribution in [0.5, 0.6) is 5.75 Å². The van der Waals surface area contributed by atoms with Gasteiger partial charge < -0.3 is 25.0 Å². The van der Waals surface area contributed by atoms with Crippen LogP contribution in [0.2, 0.25) is 0 Å². The van der Waals surface area contributed by atoms with Crippen LogP contribution < -0.4 is 10.1 Å². The molecule has 2 saturated heterocycles. The van der Waals surface area contributed by atoms with Crippen molar-refractivity contribution in [3.8, 4) is 5.75 Å². The molecule has 2 amide bonds. The van der Waals surface area contributed by atoms with E-state index in [1.807, 2.05) is 35.2 Å². The molecule has 3 fully saturated rings. The van der Waals surface area contributed by atoms with Crippen molar-refractivity contribution in [2.45, 2.75) is 25.3 Å². The molecule has 8 nitrogen and oxygen atoms in total. The normalized spacial score (nSPS) is 22.1. The summed E-state index contributed by atoms with van der Waals surface area (Å²) in [5, 5.41) is 10.1. The number of nitrogens with one attached hydrogen (secondary N) is 1. The molecule has 2 heterocycles. The first-order chi connectivity index (χ1) is 14.7. The first-order valence-corrected chi connectivity index (χ1v) is 10.9. The molecule has 1 aliphatic carbocycles. The maximum Gasteiger partial charge on any atom is 0.317 e. The third-order valence-corrected chi connectivity index (χ3v) is 6.00. The Balaban J connectivity index is 0.000000806. The highest BCUT2D eigenvalue weighted by molar-refractivity contribution is 5.74. The van der Waals surface area contributed by atoms with Crippen LogP contribution in [0.1, 0.15) is 19.3 Å². The largest absolute Gasteiger partial charge is 0.492 e. The van der Waals surface area contributed by atoms with Crippen LogP contribution >= 0.6 is 0 Å². The summed E-state index contributed by atoms with van der Waals surface area (Å²) in [4.78, 5) is 27.7. The Bertz CT molecular complexity index is 648. The Hall–Kier alpha value is -2.32. The number of rotatable bonds is 7. The average Bonchev–Trinajstić information content (AvgIpc) is 3.52. The van der Waals surface area contributed by atoms with Crippen LogP contribution in [0.15, 0.2) is 30.3 Å². The molecule has 4 rings (SSSR count). The summed E-state index contributed by atoms with van der Waals surface area (Å²) in [6.45, 7) is 8.00. The zero-order valence-corrected chi connectivity index (χ0v) is 17.6. The van der Waals surface area contributed by atoms with Gasteiger partial charge in [-0.1, -0.05) is 18.2 Å². The maximum atomic E-state index is 12.4. The first-order valence-electron chi connectivity index (χ1n) is 10.9. The predicted molar refractivity (Wildman–Crippen MR) is 115 cm³/mol. The Labute approximate surface area is 178 Å². The van der Waals surface area contributed by atoms with E-state index in [1.54, 1.807) is 0 Å². The topological polar surface area (TPSA) is 85.4 Å². The number of para-hydroxylation sites is 1. The number of piperazine rings is 1. The second-order valence-electron chi connectivity index (χ2n) is 8.16. The summed E-state index contributed by atoms with van der Waals surface area (Å²) in [5.41, 5.74) is 0. The smallest absolute Gasteiger partial charge is 0.317 e. The highest BCUT2D eigenvalue weighted by Gasteiger charge is 2.34. The Morgan fingerprint density at radius 3 is 2.47 bits per heavy atom. The van der Waals surface area contributed by atoms with Crippen molar-refractivity contribution >= 4 is 12.5 Å². The lowest BCUT2D eigenvalue weighted by atomic mass is 10.1. The predicted octanol–water partition coefficient (Wildman–Crippen LogP) is 1.58. The van der Waals surface area contributed by atoms with Crippen molar-refractivity contribution in [3.05, 3.63) is 30.3 Å². The third-order valence-electron chi connectivity index (χ3n) is 6.00. The summed E-state index contributed by atoms with van der Waals surface area (Å²) < 4.78 is 5.77. The zero-order valence-electron chi connectivity index (χ0n) is 17.6. The van der Waals surface area contributed by atoms with Crippen molar-refractivity contribution in [3.63, 3.8) is 0 Å². The molecule has 2 N–H and O–H groups in total. The van der Waals surface area contributed by atoms with E-state index in [1.165, 1.54) is 32.4 Å². The van der Waals surface area contributed by atoms with Gasteiger partial charge in [0.25, 0.3) is 6.47 Å². The Morgan fingerprint density at radius 1 is 1.10 bits per heavy atom. The van der Waals surface area contributed by atoms with E-state index in [0.717, 1.165) is 51.1 Å². The fourth-order valence-electron chi connectivity index (χ4n) is 4.13. The van der Waals surface area contributed by atoms with Gasteiger partial charge in [-0.05, 0) is 43.9 Å². The van der Waals surface area contributed by atoms with Gasteiger partial charge in [0.15, 0.2) is 0 Å². The SMILES string of the molecule is O=C(NCC1CCN(C2CC2)C1)N1CCN(CCOc2ccccc2)CC1.O=CO. The summed E-state index contributed by atoms with van der Waals surface area (Å²) >= 11 is 0. The molecular formula is C22H34N4O4. The molecule has 1 unspecified atom stereocenters. The summed E-state index contributed by atoms with van der Waals surface area (Å²) in [6, 6.07) is 10.9. The second-order valence-corrected chi connectivity index (χ2v) is 8.16. The molecule has 1 atom stereocenters. The number of carbonyl (C=O) groups excluding carboxylic acids is 1. The quantitative estimate of drug-likeness (QED) is 0.654. The van der Waals surface area contributed by atoms with Gasteiger partial charge in [-0.25, -0.2) is 4.79 Å².